The van der Waals surface area contributed by atoms with Gasteiger partial charge in [0.15, 0.2) is 0 Å². The highest BCUT2D eigenvalue weighted by Crippen LogP contribution is 2.31. The largest absolute Gasteiger partial charge is 0.491 e. The van der Waals surface area contributed by atoms with Crippen LogP contribution in [0.2, 0.25) is 0 Å². The molecule has 1 aromatic heterocycles. The van der Waals surface area contributed by atoms with E-state index in [0.29, 0.717) is 44.6 Å². The molecule has 3 aromatic rings. The number of aryl methyl sites for hydroxylation is 1. The van der Waals surface area contributed by atoms with Gasteiger partial charge in [-0.25, -0.2) is 4.79 Å². The van der Waals surface area contributed by atoms with Crippen LogP contribution in [0.15, 0.2) is 53.3 Å². The van der Waals surface area contributed by atoms with Crippen LogP contribution in [0.1, 0.15) is 25.7 Å². The maximum absolute atomic E-state index is 13.0. The molecule has 188 valence electrons. The molecule has 1 heterocycles. The number of methoxy groups -OCH3 is 1. The highest BCUT2D eigenvalue weighted by Gasteiger charge is 2.27. The summed E-state index contributed by atoms with van der Waals surface area (Å²) in [6, 6.07) is 15.3. The Kier molecular flexibility index (Phi) is 8.60. The number of aromatic nitrogens is 2. The molecule has 8 nitrogen and oxygen atoms in total. The Labute approximate surface area is 205 Å². The molecule has 1 aliphatic carbocycles. The number of nitrogens with zero attached hydrogens (tertiary/aromatic N) is 2. The Morgan fingerprint density at radius 3 is 2.46 bits per heavy atom. The molecule has 0 unspecified atom stereocenters. The lowest BCUT2D eigenvalue weighted by molar-refractivity contribution is -0.121. The number of amides is 1. The topological polar surface area (TPSA) is 83.7 Å². The van der Waals surface area contributed by atoms with Crippen molar-refractivity contribution in [1.29, 1.82) is 0 Å². The van der Waals surface area contributed by atoms with E-state index in [4.69, 9.17) is 14.2 Å². The number of ether oxygens (including phenoxy) is 3. The fourth-order valence-corrected chi connectivity index (χ4v) is 4.75. The third-order valence-corrected chi connectivity index (χ3v) is 6.74. The van der Waals surface area contributed by atoms with E-state index < -0.39 is 0 Å². The fraction of sp³-hybridized carbons (Fsp3) is 0.481. The van der Waals surface area contributed by atoms with Crippen LogP contribution in [-0.4, -0.2) is 48.6 Å². The molecule has 0 bridgehead atoms. The number of rotatable bonds is 11. The summed E-state index contributed by atoms with van der Waals surface area (Å²) in [5.41, 5.74) is 2.57. The number of carbonyl (C=O) groups excluding carboxylic acids is 1. The first kappa shape index (κ1) is 25.0. The zero-order valence-electron chi connectivity index (χ0n) is 20.6. The van der Waals surface area contributed by atoms with Gasteiger partial charge in [0, 0.05) is 38.4 Å². The lowest BCUT2D eigenvalue weighted by Gasteiger charge is -2.28. The SMILES string of the molecule is COCCOCCOc1ccc2c(c1)n(CC1CCC(C(=O)Nc3ccccc3)CC1)c(=O)n2C. The fourth-order valence-electron chi connectivity index (χ4n) is 4.75. The number of anilines is 1. The minimum Gasteiger partial charge on any atom is -0.491 e. The van der Waals surface area contributed by atoms with E-state index >= 15 is 0 Å². The molecule has 0 radical (unpaired) electrons. The number of hydrogen-bond donors (Lipinski definition) is 1. The summed E-state index contributed by atoms with van der Waals surface area (Å²) in [5.74, 6) is 1.18. The Balaban J connectivity index is 1.35. The van der Waals surface area contributed by atoms with Gasteiger partial charge in [0.1, 0.15) is 12.4 Å². The molecular formula is C27H35N3O5. The van der Waals surface area contributed by atoms with E-state index in [1.165, 1.54) is 0 Å². The number of fused-ring (bicyclic) bond motifs is 1. The molecular weight excluding hydrogens is 446 g/mol. The maximum atomic E-state index is 13.0. The van der Waals surface area contributed by atoms with Gasteiger partial charge in [-0.05, 0) is 55.9 Å². The van der Waals surface area contributed by atoms with E-state index in [9.17, 15) is 9.59 Å². The van der Waals surface area contributed by atoms with Crippen LogP contribution in [0.3, 0.4) is 0 Å². The number of hydrogen-bond acceptors (Lipinski definition) is 5. The summed E-state index contributed by atoms with van der Waals surface area (Å²) < 4.78 is 19.8. The van der Waals surface area contributed by atoms with E-state index in [1.807, 2.05) is 53.1 Å². The summed E-state index contributed by atoms with van der Waals surface area (Å²) in [6.07, 6.45) is 3.51. The summed E-state index contributed by atoms with van der Waals surface area (Å²) in [4.78, 5) is 25.7. The van der Waals surface area contributed by atoms with Crippen molar-refractivity contribution < 1.29 is 19.0 Å². The Bertz CT molecular complexity index is 1160. The quantitative estimate of drug-likeness (QED) is 0.421. The molecule has 1 amide bonds. The molecule has 0 aliphatic heterocycles. The van der Waals surface area contributed by atoms with Crippen molar-refractivity contribution in [2.75, 3.05) is 38.9 Å². The highest BCUT2D eigenvalue weighted by atomic mass is 16.5. The molecule has 1 aliphatic rings. The normalized spacial score (nSPS) is 18.0. The monoisotopic (exact) mass is 481 g/mol. The zero-order chi connectivity index (χ0) is 24.6. The van der Waals surface area contributed by atoms with Crippen molar-refractivity contribution in [2.24, 2.45) is 18.9 Å². The van der Waals surface area contributed by atoms with Gasteiger partial charge >= 0.3 is 5.69 Å². The van der Waals surface area contributed by atoms with Crippen LogP contribution >= 0.6 is 0 Å². The second kappa shape index (κ2) is 12.0. The molecule has 4 rings (SSSR count). The number of nitrogens with one attached hydrogen (secondary N) is 1. The van der Waals surface area contributed by atoms with E-state index in [2.05, 4.69) is 5.32 Å². The van der Waals surface area contributed by atoms with Crippen molar-refractivity contribution in [3.05, 3.63) is 59.0 Å². The predicted octanol–water partition coefficient (Wildman–Crippen LogP) is 3.83. The Morgan fingerprint density at radius 2 is 1.71 bits per heavy atom. The molecule has 35 heavy (non-hydrogen) atoms. The van der Waals surface area contributed by atoms with Gasteiger partial charge < -0.3 is 19.5 Å². The second-order valence-corrected chi connectivity index (χ2v) is 9.13. The van der Waals surface area contributed by atoms with Gasteiger partial charge in [-0.3, -0.25) is 13.9 Å². The van der Waals surface area contributed by atoms with Crippen LogP contribution in [0, 0.1) is 11.8 Å². The average molecular weight is 482 g/mol. The predicted molar refractivity (Wildman–Crippen MR) is 136 cm³/mol. The number of carbonyl (C=O) groups is 1. The van der Waals surface area contributed by atoms with E-state index in [1.54, 1.807) is 18.7 Å². The van der Waals surface area contributed by atoms with Crippen molar-refractivity contribution in [3.8, 4) is 5.75 Å². The van der Waals surface area contributed by atoms with Crippen LogP contribution in [0.5, 0.6) is 5.75 Å². The second-order valence-electron chi connectivity index (χ2n) is 9.13. The molecule has 2 aromatic carbocycles. The highest BCUT2D eigenvalue weighted by molar-refractivity contribution is 5.92. The number of benzene rings is 2. The van der Waals surface area contributed by atoms with Gasteiger partial charge in [-0.1, -0.05) is 18.2 Å². The minimum atomic E-state index is -0.0241. The Morgan fingerprint density at radius 1 is 0.971 bits per heavy atom. The first-order valence-corrected chi connectivity index (χ1v) is 12.3. The third kappa shape index (κ3) is 6.32. The maximum Gasteiger partial charge on any atom is 0.328 e. The van der Waals surface area contributed by atoms with E-state index in [0.717, 1.165) is 42.4 Å². The molecule has 1 saturated carbocycles. The van der Waals surface area contributed by atoms with Crippen molar-refractivity contribution in [1.82, 2.24) is 9.13 Å². The first-order valence-electron chi connectivity index (χ1n) is 12.3. The summed E-state index contributed by atoms with van der Waals surface area (Å²) in [5, 5.41) is 3.02. The van der Waals surface area contributed by atoms with Crippen molar-refractivity contribution in [2.45, 2.75) is 32.2 Å². The standard InChI is InChI=1S/C27H35N3O5/c1-29-24-13-12-23(35-17-16-34-15-14-33-2)18-25(24)30(27(29)32)19-20-8-10-21(11-9-20)26(31)28-22-6-4-3-5-7-22/h3-7,12-13,18,20-21H,8-11,14-17,19H2,1-2H3,(H,28,31). The summed E-state index contributed by atoms with van der Waals surface area (Å²) in [7, 11) is 3.44. The molecule has 0 saturated heterocycles. The number of imidazole rings is 1. The van der Waals surface area contributed by atoms with Crippen LogP contribution in [-0.2, 0) is 27.9 Å². The smallest absolute Gasteiger partial charge is 0.328 e. The molecule has 0 spiro atoms. The van der Waals surface area contributed by atoms with Gasteiger partial charge in [0.25, 0.3) is 0 Å². The molecule has 1 fully saturated rings. The lowest BCUT2D eigenvalue weighted by atomic mass is 9.81. The minimum absolute atomic E-state index is 0.0156. The van der Waals surface area contributed by atoms with Gasteiger partial charge in [0.2, 0.25) is 5.91 Å². The Hall–Kier alpha value is -3.10. The lowest BCUT2D eigenvalue weighted by Crippen LogP contribution is -2.30. The molecule has 0 atom stereocenters. The van der Waals surface area contributed by atoms with Crippen molar-refractivity contribution in [3.63, 3.8) is 0 Å². The van der Waals surface area contributed by atoms with Gasteiger partial charge in [-0.2, -0.15) is 0 Å². The first-order chi connectivity index (χ1) is 17.1. The van der Waals surface area contributed by atoms with Crippen LogP contribution in [0.4, 0.5) is 5.69 Å². The van der Waals surface area contributed by atoms with Crippen LogP contribution < -0.4 is 15.7 Å². The number of para-hydroxylation sites is 1. The zero-order valence-corrected chi connectivity index (χ0v) is 20.6. The summed E-state index contributed by atoms with van der Waals surface area (Å²) in [6.45, 7) is 2.65. The van der Waals surface area contributed by atoms with E-state index in [-0.39, 0.29) is 17.5 Å². The van der Waals surface area contributed by atoms with Gasteiger partial charge in [0.05, 0.1) is 30.9 Å². The summed E-state index contributed by atoms with van der Waals surface area (Å²) >= 11 is 0. The van der Waals surface area contributed by atoms with Crippen LogP contribution in [0.25, 0.3) is 11.0 Å². The molecule has 1 N–H and O–H groups in total. The van der Waals surface area contributed by atoms with Crippen molar-refractivity contribution >= 4 is 22.6 Å². The average Bonchev–Trinajstić information content (AvgIpc) is 3.11. The third-order valence-electron chi connectivity index (χ3n) is 6.74. The molecule has 8 heteroatoms. The van der Waals surface area contributed by atoms with Gasteiger partial charge in [-0.15, -0.1) is 0 Å².